The smallest absolute Gasteiger partial charge is 0.219 e. The van der Waals surface area contributed by atoms with Crippen LogP contribution in [0.5, 0.6) is 17.4 Å². The van der Waals surface area contributed by atoms with E-state index in [9.17, 15) is 0 Å². The Kier molecular flexibility index (Phi) is 9.62. The van der Waals surface area contributed by atoms with Crippen LogP contribution in [0.1, 0.15) is 45.6 Å². The van der Waals surface area contributed by atoms with Gasteiger partial charge in [0.2, 0.25) is 5.88 Å². The van der Waals surface area contributed by atoms with Gasteiger partial charge in [0.25, 0.3) is 0 Å². The number of guanidine groups is 1. The van der Waals surface area contributed by atoms with Crippen molar-refractivity contribution in [2.24, 2.45) is 4.99 Å². The highest BCUT2D eigenvalue weighted by atomic mass is 16.5. The number of nitrogens with one attached hydrogen (secondary N) is 2. The summed E-state index contributed by atoms with van der Waals surface area (Å²) in [6.45, 7) is 11.8. The van der Waals surface area contributed by atoms with Crippen molar-refractivity contribution < 1.29 is 9.47 Å². The molecule has 32 heavy (non-hydrogen) atoms. The lowest BCUT2D eigenvalue weighted by molar-refractivity contribution is 0.206. The fraction of sp³-hybridized carbons (Fsp3) is 0.520. The molecule has 0 saturated carbocycles. The molecule has 0 amide bonds. The largest absolute Gasteiger partial charge is 0.490 e. The van der Waals surface area contributed by atoms with Crippen molar-refractivity contribution in [3.8, 4) is 17.4 Å². The second-order valence-corrected chi connectivity index (χ2v) is 7.94. The summed E-state index contributed by atoms with van der Waals surface area (Å²) in [4.78, 5) is 11.8. The third-order valence-electron chi connectivity index (χ3n) is 5.39. The van der Waals surface area contributed by atoms with Gasteiger partial charge in [-0.15, -0.1) is 0 Å². The van der Waals surface area contributed by atoms with Crippen LogP contribution in [-0.2, 0) is 6.54 Å². The van der Waals surface area contributed by atoms with Crippen molar-refractivity contribution >= 4 is 5.96 Å². The molecule has 0 aliphatic carbocycles. The van der Waals surface area contributed by atoms with Gasteiger partial charge in [-0.1, -0.05) is 25.1 Å². The summed E-state index contributed by atoms with van der Waals surface area (Å²) < 4.78 is 11.5. The van der Waals surface area contributed by atoms with Crippen LogP contribution in [0.2, 0.25) is 0 Å². The van der Waals surface area contributed by atoms with E-state index in [1.54, 1.807) is 0 Å². The second-order valence-electron chi connectivity index (χ2n) is 7.94. The molecule has 1 saturated heterocycles. The first-order valence-electron chi connectivity index (χ1n) is 11.8. The predicted molar refractivity (Wildman–Crippen MR) is 130 cm³/mol. The highest BCUT2D eigenvalue weighted by Gasteiger charge is 2.19. The number of nitrogens with zero attached hydrogens (tertiary/aromatic N) is 3. The summed E-state index contributed by atoms with van der Waals surface area (Å²) in [6.07, 6.45) is 5.34. The van der Waals surface area contributed by atoms with E-state index in [1.165, 1.54) is 13.0 Å². The fourth-order valence-electron chi connectivity index (χ4n) is 3.79. The predicted octanol–water partition coefficient (Wildman–Crippen LogP) is 4.20. The average Bonchev–Trinajstić information content (AvgIpc) is 2.81. The topological polar surface area (TPSA) is 71.0 Å². The van der Waals surface area contributed by atoms with Crippen molar-refractivity contribution in [3.05, 3.63) is 48.2 Å². The van der Waals surface area contributed by atoms with E-state index < -0.39 is 0 Å². The molecule has 7 heteroatoms. The van der Waals surface area contributed by atoms with E-state index in [1.807, 2.05) is 49.5 Å². The third-order valence-corrected chi connectivity index (χ3v) is 5.39. The van der Waals surface area contributed by atoms with Gasteiger partial charge in [0.1, 0.15) is 0 Å². The Labute approximate surface area is 192 Å². The number of piperidine rings is 1. The molecule has 1 aliphatic rings. The van der Waals surface area contributed by atoms with Crippen LogP contribution in [0.4, 0.5) is 0 Å². The lowest BCUT2D eigenvalue weighted by Gasteiger charge is -2.32. The van der Waals surface area contributed by atoms with Gasteiger partial charge in [-0.2, -0.15) is 0 Å². The van der Waals surface area contributed by atoms with Crippen LogP contribution in [-0.4, -0.2) is 54.7 Å². The van der Waals surface area contributed by atoms with E-state index in [2.05, 4.69) is 34.4 Å². The summed E-state index contributed by atoms with van der Waals surface area (Å²) in [5, 5.41) is 6.97. The van der Waals surface area contributed by atoms with E-state index in [-0.39, 0.29) is 0 Å². The zero-order valence-corrected chi connectivity index (χ0v) is 19.6. The summed E-state index contributed by atoms with van der Waals surface area (Å²) in [5.74, 6) is 2.78. The molecular formula is C25H37N5O2. The van der Waals surface area contributed by atoms with Gasteiger partial charge in [0.15, 0.2) is 17.5 Å². The van der Waals surface area contributed by atoms with E-state index in [0.29, 0.717) is 36.6 Å². The zero-order chi connectivity index (χ0) is 22.6. The van der Waals surface area contributed by atoms with E-state index in [0.717, 1.165) is 44.0 Å². The number of pyridine rings is 1. The molecule has 2 N–H and O–H groups in total. The molecule has 0 spiro atoms. The minimum absolute atomic E-state index is 0.472. The lowest BCUT2D eigenvalue weighted by Crippen LogP contribution is -2.48. The van der Waals surface area contributed by atoms with Crippen molar-refractivity contribution in [2.75, 3.05) is 32.8 Å². The number of para-hydroxylation sites is 2. The zero-order valence-electron chi connectivity index (χ0n) is 19.6. The Morgan fingerprint density at radius 1 is 1.09 bits per heavy atom. The normalized spacial score (nSPS) is 15.4. The van der Waals surface area contributed by atoms with Crippen molar-refractivity contribution in [1.29, 1.82) is 0 Å². The van der Waals surface area contributed by atoms with Gasteiger partial charge in [0, 0.05) is 37.9 Å². The second kappa shape index (κ2) is 12.9. The number of hydrogen-bond acceptors (Lipinski definition) is 5. The van der Waals surface area contributed by atoms with Crippen LogP contribution in [0.3, 0.4) is 0 Å². The van der Waals surface area contributed by atoms with Crippen molar-refractivity contribution in [1.82, 2.24) is 20.5 Å². The molecule has 174 valence electrons. The molecule has 1 fully saturated rings. The molecule has 1 aliphatic heterocycles. The number of rotatable bonds is 10. The Hall–Kier alpha value is -2.80. The molecule has 7 nitrogen and oxygen atoms in total. The molecule has 1 aromatic heterocycles. The third kappa shape index (κ3) is 7.41. The summed E-state index contributed by atoms with van der Waals surface area (Å²) in [6, 6.07) is 12.0. The summed E-state index contributed by atoms with van der Waals surface area (Å²) >= 11 is 0. The lowest BCUT2D eigenvalue weighted by atomic mass is 10.1. The summed E-state index contributed by atoms with van der Waals surface area (Å²) in [5.41, 5.74) is 1.03. The van der Waals surface area contributed by atoms with Crippen LogP contribution in [0.15, 0.2) is 47.6 Å². The van der Waals surface area contributed by atoms with Gasteiger partial charge < -0.3 is 25.0 Å². The SMILES string of the molecule is CCCN1CCC(NC(=NCc2ccc(Oc3ccccc3OCC)nc2)NCC)CC1. The highest BCUT2D eigenvalue weighted by Crippen LogP contribution is 2.30. The van der Waals surface area contributed by atoms with Gasteiger partial charge in [-0.05, 0) is 57.4 Å². The first-order valence-corrected chi connectivity index (χ1v) is 11.8. The molecule has 2 aromatic rings. The highest BCUT2D eigenvalue weighted by molar-refractivity contribution is 5.80. The average molecular weight is 440 g/mol. The number of aromatic nitrogens is 1. The number of ether oxygens (including phenoxy) is 2. The molecular weight excluding hydrogens is 402 g/mol. The van der Waals surface area contributed by atoms with Crippen LogP contribution in [0.25, 0.3) is 0 Å². The first kappa shape index (κ1) is 23.9. The van der Waals surface area contributed by atoms with Gasteiger partial charge in [0.05, 0.1) is 13.2 Å². The quantitative estimate of drug-likeness (QED) is 0.427. The molecule has 2 heterocycles. The van der Waals surface area contributed by atoms with E-state index >= 15 is 0 Å². The number of hydrogen-bond donors (Lipinski definition) is 2. The molecule has 0 bridgehead atoms. The Bertz CT molecular complexity index is 832. The van der Waals surface area contributed by atoms with Gasteiger partial charge in [-0.3, -0.25) is 0 Å². The number of benzene rings is 1. The Morgan fingerprint density at radius 2 is 1.88 bits per heavy atom. The van der Waals surface area contributed by atoms with Crippen LogP contribution < -0.4 is 20.1 Å². The maximum Gasteiger partial charge on any atom is 0.219 e. The molecule has 3 rings (SSSR count). The number of likely N-dealkylation sites (tertiary alicyclic amines) is 1. The van der Waals surface area contributed by atoms with Crippen molar-refractivity contribution in [2.45, 2.75) is 52.6 Å². The Balaban J connectivity index is 1.55. The van der Waals surface area contributed by atoms with Crippen molar-refractivity contribution in [3.63, 3.8) is 0 Å². The van der Waals surface area contributed by atoms with Gasteiger partial charge in [-0.25, -0.2) is 9.98 Å². The molecule has 0 atom stereocenters. The summed E-state index contributed by atoms with van der Waals surface area (Å²) in [7, 11) is 0. The standard InChI is InChI=1S/C25H37N5O2/c1-4-15-30-16-13-21(14-17-30)29-25(26-5-2)28-19-20-11-12-24(27-18-20)32-23-10-8-7-9-22(23)31-6-3/h7-12,18,21H,4-6,13-17,19H2,1-3H3,(H2,26,28,29). The molecule has 0 radical (unpaired) electrons. The van der Waals surface area contributed by atoms with Gasteiger partial charge >= 0.3 is 0 Å². The number of aliphatic imine (C=N–C) groups is 1. The monoisotopic (exact) mass is 439 g/mol. The maximum absolute atomic E-state index is 5.91. The first-order chi connectivity index (χ1) is 15.7. The maximum atomic E-state index is 5.91. The fourth-order valence-corrected chi connectivity index (χ4v) is 3.79. The van der Waals surface area contributed by atoms with E-state index in [4.69, 9.17) is 14.5 Å². The Morgan fingerprint density at radius 3 is 2.53 bits per heavy atom. The van der Waals surface area contributed by atoms with Crippen LogP contribution >= 0.6 is 0 Å². The van der Waals surface area contributed by atoms with Crippen LogP contribution in [0, 0.1) is 0 Å². The molecule has 0 unspecified atom stereocenters. The minimum Gasteiger partial charge on any atom is -0.490 e. The minimum atomic E-state index is 0.472. The molecule has 1 aromatic carbocycles.